The van der Waals surface area contributed by atoms with Crippen LogP contribution in [0.4, 0.5) is 0 Å². The summed E-state index contributed by atoms with van der Waals surface area (Å²) < 4.78 is 1.55. The molecule has 1 atom stereocenters. The number of carboxylic acids is 1. The number of carboxylic acid groups (broad SMARTS) is 1. The summed E-state index contributed by atoms with van der Waals surface area (Å²) in [4.78, 5) is 10.6. The summed E-state index contributed by atoms with van der Waals surface area (Å²) >= 11 is 5.32. The first-order chi connectivity index (χ1) is 6.45. The second kappa shape index (κ2) is 4.59. The number of halogens is 2. The van der Waals surface area contributed by atoms with Crippen molar-refractivity contribution in [3.63, 3.8) is 0 Å². The van der Waals surface area contributed by atoms with Crippen molar-refractivity contribution < 1.29 is 15.0 Å². The summed E-state index contributed by atoms with van der Waals surface area (Å²) in [5.41, 5.74) is 1.21. The maximum atomic E-state index is 10.6. The summed E-state index contributed by atoms with van der Waals surface area (Å²) in [7, 11) is 0. The first-order valence-electron chi connectivity index (χ1n) is 3.80. The fraction of sp³-hybridized carbons (Fsp3) is 0.222. The lowest BCUT2D eigenvalue weighted by atomic mass is 10.0. The normalized spacial score (nSPS) is 12.6. The van der Waals surface area contributed by atoms with Crippen molar-refractivity contribution in [2.45, 2.75) is 13.0 Å². The van der Waals surface area contributed by atoms with E-state index < -0.39 is 12.1 Å². The van der Waals surface area contributed by atoms with E-state index in [-0.39, 0.29) is 0 Å². The minimum atomic E-state index is -1.47. The minimum absolute atomic E-state index is 0.421. The van der Waals surface area contributed by atoms with Crippen molar-refractivity contribution in [3.05, 3.63) is 31.3 Å². The van der Waals surface area contributed by atoms with Gasteiger partial charge in [0.1, 0.15) is 0 Å². The molecule has 0 aliphatic heterocycles. The molecule has 5 heteroatoms. The first kappa shape index (κ1) is 11.9. The lowest BCUT2D eigenvalue weighted by molar-refractivity contribution is -0.147. The summed E-state index contributed by atoms with van der Waals surface area (Å²) in [6, 6.07) is 3.59. The highest BCUT2D eigenvalue weighted by molar-refractivity contribution is 14.1. The van der Waals surface area contributed by atoms with E-state index in [4.69, 9.17) is 5.11 Å². The van der Waals surface area contributed by atoms with Crippen molar-refractivity contribution in [2.24, 2.45) is 0 Å². The van der Waals surface area contributed by atoms with E-state index in [0.717, 1.165) is 9.13 Å². The van der Waals surface area contributed by atoms with Gasteiger partial charge >= 0.3 is 5.97 Å². The molecule has 0 aliphatic rings. The topological polar surface area (TPSA) is 57.5 Å². The number of benzene rings is 1. The minimum Gasteiger partial charge on any atom is -0.479 e. The van der Waals surface area contributed by atoms with Crippen molar-refractivity contribution in [2.75, 3.05) is 0 Å². The molecule has 0 saturated heterocycles. The van der Waals surface area contributed by atoms with Crippen molar-refractivity contribution in [3.8, 4) is 0 Å². The van der Waals surface area contributed by atoms with Crippen LogP contribution in [-0.2, 0) is 4.79 Å². The van der Waals surface area contributed by atoms with Gasteiger partial charge in [0.25, 0.3) is 0 Å². The molecule has 0 fully saturated rings. The largest absolute Gasteiger partial charge is 0.479 e. The molecule has 1 rings (SSSR count). The van der Waals surface area contributed by atoms with Gasteiger partial charge in [0.2, 0.25) is 0 Å². The third kappa shape index (κ3) is 2.26. The molecule has 3 nitrogen and oxygen atoms in total. The molecular formula is C9H8BrIO3. The van der Waals surface area contributed by atoms with Gasteiger partial charge in [-0.25, -0.2) is 4.79 Å². The van der Waals surface area contributed by atoms with Crippen molar-refractivity contribution in [1.29, 1.82) is 0 Å². The highest BCUT2D eigenvalue weighted by Gasteiger charge is 2.21. The van der Waals surface area contributed by atoms with Crippen molar-refractivity contribution >= 4 is 44.5 Å². The summed E-state index contributed by atoms with van der Waals surface area (Å²) in [5, 5.41) is 18.2. The molecular weight excluding hydrogens is 363 g/mol. The van der Waals surface area contributed by atoms with Crippen LogP contribution < -0.4 is 0 Å². The van der Waals surface area contributed by atoms with Crippen LogP contribution in [0.15, 0.2) is 16.6 Å². The van der Waals surface area contributed by atoms with E-state index in [9.17, 15) is 9.90 Å². The molecule has 0 amide bonds. The molecule has 14 heavy (non-hydrogen) atoms. The molecule has 1 unspecified atom stereocenters. The summed E-state index contributed by atoms with van der Waals surface area (Å²) in [6.45, 7) is 1.79. The van der Waals surface area contributed by atoms with E-state index in [1.165, 1.54) is 0 Å². The predicted octanol–water partition coefficient (Wildman–Crippen LogP) is 2.48. The first-order valence-corrected chi connectivity index (χ1v) is 5.67. The van der Waals surface area contributed by atoms with Crippen LogP contribution in [-0.4, -0.2) is 16.2 Å². The van der Waals surface area contributed by atoms with Gasteiger partial charge in [0, 0.05) is 13.6 Å². The van der Waals surface area contributed by atoms with Crippen LogP contribution in [0.1, 0.15) is 17.2 Å². The fourth-order valence-corrected chi connectivity index (χ4v) is 2.24. The van der Waals surface area contributed by atoms with E-state index in [0.29, 0.717) is 10.0 Å². The Kier molecular flexibility index (Phi) is 3.91. The molecule has 1 aromatic carbocycles. The number of rotatable bonds is 2. The lowest BCUT2D eigenvalue weighted by Crippen LogP contribution is -2.13. The van der Waals surface area contributed by atoms with Gasteiger partial charge in [0.05, 0.1) is 0 Å². The van der Waals surface area contributed by atoms with Gasteiger partial charge in [-0.15, -0.1) is 0 Å². The van der Waals surface area contributed by atoms with Crippen LogP contribution in [0, 0.1) is 10.5 Å². The smallest absolute Gasteiger partial charge is 0.337 e. The number of hydrogen-bond donors (Lipinski definition) is 2. The predicted molar refractivity (Wildman–Crippen MR) is 64.2 cm³/mol. The zero-order valence-electron chi connectivity index (χ0n) is 7.29. The second-order valence-corrected chi connectivity index (χ2v) is 4.83. The number of aliphatic carboxylic acids is 1. The zero-order valence-corrected chi connectivity index (χ0v) is 11.0. The molecule has 0 aliphatic carbocycles. The van der Waals surface area contributed by atoms with Crippen LogP contribution in [0.2, 0.25) is 0 Å². The Bertz CT molecular complexity index is 379. The van der Waals surface area contributed by atoms with Crippen LogP contribution in [0.5, 0.6) is 0 Å². The Labute approximate surface area is 103 Å². The monoisotopic (exact) mass is 370 g/mol. The maximum Gasteiger partial charge on any atom is 0.337 e. The van der Waals surface area contributed by atoms with Crippen molar-refractivity contribution in [1.82, 2.24) is 0 Å². The van der Waals surface area contributed by atoms with Gasteiger partial charge < -0.3 is 10.2 Å². The molecule has 0 saturated carbocycles. The Morgan fingerprint density at radius 1 is 1.57 bits per heavy atom. The molecule has 1 aromatic rings. The van der Waals surface area contributed by atoms with Crippen LogP contribution in [0.25, 0.3) is 0 Å². The van der Waals surface area contributed by atoms with E-state index in [2.05, 4.69) is 38.5 Å². The fourth-order valence-electron chi connectivity index (χ4n) is 1.13. The molecule has 0 aromatic heterocycles. The quantitative estimate of drug-likeness (QED) is 0.786. The zero-order chi connectivity index (χ0) is 10.9. The molecule has 0 radical (unpaired) electrons. The standard InChI is InChI=1S/C9H8BrIO3/c1-4-6(11)3-2-5(10)7(4)8(12)9(13)14/h2-3,8,12H,1H3,(H,13,14). The van der Waals surface area contributed by atoms with Gasteiger partial charge in [-0.3, -0.25) is 0 Å². The van der Waals surface area contributed by atoms with Gasteiger partial charge in [-0.2, -0.15) is 0 Å². The number of aliphatic hydroxyl groups is 1. The molecule has 0 spiro atoms. The second-order valence-electron chi connectivity index (χ2n) is 2.81. The number of carbonyl (C=O) groups is 1. The average Bonchev–Trinajstić information content (AvgIpc) is 2.12. The van der Waals surface area contributed by atoms with Gasteiger partial charge in [-0.05, 0) is 47.2 Å². The summed E-state index contributed by atoms with van der Waals surface area (Å²) in [5.74, 6) is -1.24. The lowest BCUT2D eigenvalue weighted by Gasteiger charge is -2.12. The van der Waals surface area contributed by atoms with E-state index >= 15 is 0 Å². The van der Waals surface area contributed by atoms with Crippen LogP contribution >= 0.6 is 38.5 Å². The number of hydrogen-bond acceptors (Lipinski definition) is 2. The van der Waals surface area contributed by atoms with E-state index in [1.807, 2.05) is 6.07 Å². The average molecular weight is 371 g/mol. The van der Waals surface area contributed by atoms with E-state index in [1.54, 1.807) is 13.0 Å². The third-order valence-electron chi connectivity index (χ3n) is 1.90. The summed E-state index contributed by atoms with van der Waals surface area (Å²) in [6.07, 6.45) is -1.47. The van der Waals surface area contributed by atoms with Gasteiger partial charge in [-0.1, -0.05) is 15.9 Å². The Balaban J connectivity index is 3.32. The van der Waals surface area contributed by atoms with Crippen LogP contribution in [0.3, 0.4) is 0 Å². The molecule has 0 bridgehead atoms. The Morgan fingerprint density at radius 2 is 2.14 bits per heavy atom. The highest BCUT2D eigenvalue weighted by atomic mass is 127. The molecule has 2 N–H and O–H groups in total. The SMILES string of the molecule is Cc1c(I)ccc(Br)c1C(O)C(=O)O. The Hall–Kier alpha value is -0.140. The van der Waals surface area contributed by atoms with Gasteiger partial charge in [0.15, 0.2) is 6.10 Å². The highest BCUT2D eigenvalue weighted by Crippen LogP contribution is 2.29. The maximum absolute atomic E-state index is 10.6. The third-order valence-corrected chi connectivity index (χ3v) is 3.76. The molecule has 0 heterocycles. The Morgan fingerprint density at radius 3 is 2.64 bits per heavy atom. The number of aliphatic hydroxyl groups excluding tert-OH is 1. The molecule has 76 valence electrons.